The highest BCUT2D eigenvalue weighted by atomic mass is 16.4. The topological polar surface area (TPSA) is 54.4 Å². The molecule has 18 heavy (non-hydrogen) atoms. The van der Waals surface area contributed by atoms with Gasteiger partial charge in [0, 0.05) is 6.42 Å². The predicted molar refractivity (Wildman–Crippen MR) is 71.4 cm³/mol. The van der Waals surface area contributed by atoms with Crippen LogP contribution < -0.4 is 0 Å². The molecule has 0 bridgehead atoms. The molecule has 0 aromatic heterocycles. The second-order valence-corrected chi connectivity index (χ2v) is 4.51. The van der Waals surface area contributed by atoms with E-state index in [-0.39, 0.29) is 18.6 Å². The van der Waals surface area contributed by atoms with Crippen LogP contribution in [0.25, 0.3) is 6.08 Å². The van der Waals surface area contributed by atoms with Crippen molar-refractivity contribution >= 4 is 17.8 Å². The van der Waals surface area contributed by atoms with Gasteiger partial charge in [0.25, 0.3) is 0 Å². The van der Waals surface area contributed by atoms with Crippen LogP contribution in [0.1, 0.15) is 43.7 Å². The summed E-state index contributed by atoms with van der Waals surface area (Å²) in [7, 11) is 0. The van der Waals surface area contributed by atoms with Gasteiger partial charge in [-0.2, -0.15) is 0 Å². The fraction of sp³-hybridized carbons (Fsp3) is 0.333. The van der Waals surface area contributed by atoms with Crippen molar-refractivity contribution in [3.63, 3.8) is 0 Å². The van der Waals surface area contributed by atoms with Crippen LogP contribution in [0.2, 0.25) is 0 Å². The standard InChI is InChI=1S/C15H18O3/c1-11(2)13-6-3-12(4-7-13)5-8-14(16)9-10-15(17)18/h3-8,11H,9-10H2,1-2H3,(H,17,18)/b8-5+. The molecule has 0 heterocycles. The van der Waals surface area contributed by atoms with Gasteiger partial charge in [0.1, 0.15) is 0 Å². The highest BCUT2D eigenvalue weighted by molar-refractivity contribution is 5.95. The molecule has 0 atom stereocenters. The molecule has 1 aromatic carbocycles. The fourth-order valence-corrected chi connectivity index (χ4v) is 1.49. The molecule has 1 aromatic rings. The third-order valence-corrected chi connectivity index (χ3v) is 2.65. The lowest BCUT2D eigenvalue weighted by molar-refractivity contribution is -0.138. The Kier molecular flexibility index (Phi) is 5.31. The lowest BCUT2D eigenvalue weighted by Crippen LogP contribution is -1.99. The second kappa shape index (κ2) is 6.74. The Hall–Kier alpha value is -1.90. The van der Waals surface area contributed by atoms with E-state index in [1.54, 1.807) is 6.08 Å². The Bertz CT molecular complexity index is 441. The van der Waals surface area contributed by atoms with E-state index in [9.17, 15) is 9.59 Å². The van der Waals surface area contributed by atoms with E-state index >= 15 is 0 Å². The highest BCUT2D eigenvalue weighted by Crippen LogP contribution is 2.15. The minimum Gasteiger partial charge on any atom is -0.481 e. The minimum atomic E-state index is -0.946. The molecule has 3 heteroatoms. The molecule has 1 rings (SSSR count). The summed E-state index contributed by atoms with van der Waals surface area (Å²) in [5.41, 5.74) is 2.20. The molecule has 0 saturated carbocycles. The molecule has 0 spiro atoms. The molecule has 0 fully saturated rings. The van der Waals surface area contributed by atoms with Gasteiger partial charge in [-0.25, -0.2) is 0 Å². The fourth-order valence-electron chi connectivity index (χ4n) is 1.49. The Labute approximate surface area is 107 Å². The minimum absolute atomic E-state index is 0.0515. The zero-order chi connectivity index (χ0) is 13.5. The summed E-state index contributed by atoms with van der Waals surface area (Å²) in [5.74, 6) is -0.622. The molecule has 96 valence electrons. The van der Waals surface area contributed by atoms with Gasteiger partial charge in [0.05, 0.1) is 6.42 Å². The molecule has 0 unspecified atom stereocenters. The van der Waals surface area contributed by atoms with Crippen LogP contribution >= 0.6 is 0 Å². The Balaban J connectivity index is 2.56. The van der Waals surface area contributed by atoms with Crippen LogP contribution in [-0.2, 0) is 9.59 Å². The summed E-state index contributed by atoms with van der Waals surface area (Å²) >= 11 is 0. The summed E-state index contributed by atoms with van der Waals surface area (Å²) in [6.45, 7) is 4.25. The van der Waals surface area contributed by atoms with E-state index in [2.05, 4.69) is 13.8 Å². The number of carbonyl (C=O) groups excluding carboxylic acids is 1. The monoisotopic (exact) mass is 246 g/mol. The van der Waals surface area contributed by atoms with Crippen molar-refractivity contribution in [2.24, 2.45) is 0 Å². The van der Waals surface area contributed by atoms with Crippen molar-refractivity contribution in [2.75, 3.05) is 0 Å². The van der Waals surface area contributed by atoms with Crippen molar-refractivity contribution in [1.82, 2.24) is 0 Å². The summed E-state index contributed by atoms with van der Waals surface area (Å²) in [6.07, 6.45) is 3.09. The number of aliphatic carboxylic acids is 1. The quantitative estimate of drug-likeness (QED) is 0.784. The van der Waals surface area contributed by atoms with Crippen LogP contribution in [0, 0.1) is 0 Å². The smallest absolute Gasteiger partial charge is 0.303 e. The Morgan fingerprint density at radius 3 is 2.28 bits per heavy atom. The van der Waals surface area contributed by atoms with E-state index in [0.717, 1.165) is 5.56 Å². The van der Waals surface area contributed by atoms with Gasteiger partial charge < -0.3 is 5.11 Å². The number of ketones is 1. The summed E-state index contributed by atoms with van der Waals surface area (Å²) in [4.78, 5) is 21.6. The average molecular weight is 246 g/mol. The van der Waals surface area contributed by atoms with E-state index in [4.69, 9.17) is 5.11 Å². The number of benzene rings is 1. The first-order valence-electron chi connectivity index (χ1n) is 6.01. The Morgan fingerprint density at radius 1 is 1.17 bits per heavy atom. The number of hydrogen-bond donors (Lipinski definition) is 1. The molecule has 0 radical (unpaired) electrons. The van der Waals surface area contributed by atoms with Crippen LogP contribution in [0.4, 0.5) is 0 Å². The van der Waals surface area contributed by atoms with Crippen LogP contribution in [0.5, 0.6) is 0 Å². The highest BCUT2D eigenvalue weighted by Gasteiger charge is 2.02. The maximum Gasteiger partial charge on any atom is 0.303 e. The number of rotatable bonds is 6. The van der Waals surface area contributed by atoms with Crippen LogP contribution in [0.3, 0.4) is 0 Å². The normalized spacial score (nSPS) is 11.1. The first-order valence-corrected chi connectivity index (χ1v) is 6.01. The summed E-state index contributed by atoms with van der Waals surface area (Å²) < 4.78 is 0. The molecule has 0 saturated heterocycles. The zero-order valence-corrected chi connectivity index (χ0v) is 10.7. The van der Waals surface area contributed by atoms with E-state index in [1.165, 1.54) is 11.6 Å². The van der Waals surface area contributed by atoms with Gasteiger partial charge in [-0.3, -0.25) is 9.59 Å². The van der Waals surface area contributed by atoms with Gasteiger partial charge in [0.15, 0.2) is 5.78 Å². The van der Waals surface area contributed by atoms with Gasteiger partial charge in [-0.15, -0.1) is 0 Å². The third-order valence-electron chi connectivity index (χ3n) is 2.65. The average Bonchev–Trinajstić information content (AvgIpc) is 2.34. The molecular formula is C15H18O3. The number of carbonyl (C=O) groups is 2. The largest absolute Gasteiger partial charge is 0.481 e. The van der Waals surface area contributed by atoms with E-state index in [0.29, 0.717) is 5.92 Å². The zero-order valence-electron chi connectivity index (χ0n) is 10.7. The maximum absolute atomic E-state index is 11.3. The van der Waals surface area contributed by atoms with Crippen molar-refractivity contribution in [3.05, 3.63) is 41.5 Å². The van der Waals surface area contributed by atoms with Gasteiger partial charge in [0.2, 0.25) is 0 Å². The van der Waals surface area contributed by atoms with Gasteiger partial charge in [-0.05, 0) is 23.1 Å². The first kappa shape index (κ1) is 14.2. The number of carboxylic acids is 1. The molecule has 3 nitrogen and oxygen atoms in total. The molecule has 1 N–H and O–H groups in total. The van der Waals surface area contributed by atoms with E-state index < -0.39 is 5.97 Å². The van der Waals surface area contributed by atoms with Crippen molar-refractivity contribution in [1.29, 1.82) is 0 Å². The van der Waals surface area contributed by atoms with Crippen molar-refractivity contribution < 1.29 is 14.7 Å². The van der Waals surface area contributed by atoms with Crippen LogP contribution in [0.15, 0.2) is 30.3 Å². The van der Waals surface area contributed by atoms with Crippen molar-refractivity contribution in [2.45, 2.75) is 32.6 Å². The third kappa shape index (κ3) is 4.95. The molecule has 0 aliphatic heterocycles. The Morgan fingerprint density at radius 2 is 1.78 bits per heavy atom. The molecule has 0 aliphatic carbocycles. The molecule has 0 amide bonds. The lowest BCUT2D eigenvalue weighted by atomic mass is 10.0. The molecular weight excluding hydrogens is 228 g/mol. The second-order valence-electron chi connectivity index (χ2n) is 4.51. The maximum atomic E-state index is 11.3. The van der Waals surface area contributed by atoms with Gasteiger partial charge in [-0.1, -0.05) is 44.2 Å². The number of carboxylic acid groups (broad SMARTS) is 1. The number of allylic oxidation sites excluding steroid dienone is 1. The summed E-state index contributed by atoms with van der Waals surface area (Å²) in [5, 5.41) is 8.45. The lowest BCUT2D eigenvalue weighted by Gasteiger charge is -2.04. The van der Waals surface area contributed by atoms with Crippen LogP contribution in [-0.4, -0.2) is 16.9 Å². The van der Waals surface area contributed by atoms with Gasteiger partial charge >= 0.3 is 5.97 Å². The number of hydrogen-bond acceptors (Lipinski definition) is 2. The molecule has 0 aliphatic rings. The summed E-state index contributed by atoms with van der Waals surface area (Å²) in [6, 6.07) is 7.98. The van der Waals surface area contributed by atoms with Crippen molar-refractivity contribution in [3.8, 4) is 0 Å². The van der Waals surface area contributed by atoms with E-state index in [1.807, 2.05) is 24.3 Å². The SMILES string of the molecule is CC(C)c1ccc(/C=C/C(=O)CCC(=O)O)cc1. The predicted octanol–water partition coefficient (Wildman–Crippen LogP) is 3.26. The first-order chi connectivity index (χ1) is 8.49.